The normalized spacial score (nSPS) is 17.7. The molecule has 1 saturated heterocycles. The second-order valence-electron chi connectivity index (χ2n) is 7.52. The molecule has 0 bridgehead atoms. The molecule has 1 fully saturated rings. The zero-order valence-corrected chi connectivity index (χ0v) is 18.3. The summed E-state index contributed by atoms with van der Waals surface area (Å²) in [4.78, 5) is 22.1. The number of hydrogen-bond acceptors (Lipinski definition) is 8. The fourth-order valence-electron chi connectivity index (χ4n) is 4.09. The van der Waals surface area contributed by atoms with Gasteiger partial charge >= 0.3 is 0 Å². The minimum absolute atomic E-state index is 0.0218. The van der Waals surface area contributed by atoms with Gasteiger partial charge in [0.15, 0.2) is 4.90 Å². The molecule has 0 aromatic heterocycles. The summed E-state index contributed by atoms with van der Waals surface area (Å²) in [6.45, 7) is 1.13. The first kappa shape index (κ1) is 22.4. The highest BCUT2D eigenvalue weighted by atomic mass is 35.5. The van der Waals surface area contributed by atoms with Crippen LogP contribution in [0.3, 0.4) is 0 Å². The average molecular weight is 483 g/mol. The first-order valence-corrected chi connectivity index (χ1v) is 11.6. The van der Waals surface area contributed by atoms with E-state index in [4.69, 9.17) is 16.3 Å². The molecule has 0 N–H and O–H groups in total. The van der Waals surface area contributed by atoms with Crippen molar-refractivity contribution in [2.24, 2.45) is 0 Å². The second-order valence-corrected chi connectivity index (χ2v) is 9.86. The Hall–Kier alpha value is -2.80. The van der Waals surface area contributed by atoms with Crippen LogP contribution in [0.5, 0.6) is 0 Å². The molecule has 0 atom stereocenters. The van der Waals surface area contributed by atoms with E-state index in [9.17, 15) is 28.6 Å². The van der Waals surface area contributed by atoms with E-state index in [-0.39, 0.29) is 19.1 Å². The van der Waals surface area contributed by atoms with Gasteiger partial charge in [-0.05, 0) is 37.1 Å². The number of nitrogens with zero attached hydrogens (tertiary/aromatic N) is 4. The van der Waals surface area contributed by atoms with E-state index in [2.05, 4.69) is 4.90 Å². The summed E-state index contributed by atoms with van der Waals surface area (Å²) in [5.41, 5.74) is 0.600. The summed E-state index contributed by atoms with van der Waals surface area (Å²) in [5.74, 6) is 0. The number of hydrogen-bond donors (Lipinski definition) is 0. The van der Waals surface area contributed by atoms with Gasteiger partial charge in [-0.2, -0.15) is 4.31 Å². The van der Waals surface area contributed by atoms with Crippen molar-refractivity contribution >= 4 is 38.7 Å². The third kappa shape index (κ3) is 4.13. The van der Waals surface area contributed by atoms with Gasteiger partial charge in [0, 0.05) is 41.5 Å². The molecule has 13 heteroatoms. The van der Waals surface area contributed by atoms with E-state index < -0.39 is 36.1 Å². The topological polar surface area (TPSA) is 136 Å². The van der Waals surface area contributed by atoms with Crippen LogP contribution in [-0.2, 0) is 21.4 Å². The molecular formula is C19H19ClN4O7S. The summed E-state index contributed by atoms with van der Waals surface area (Å²) < 4.78 is 33.1. The largest absolute Gasteiger partial charge is 0.356 e. The van der Waals surface area contributed by atoms with Gasteiger partial charge in [-0.3, -0.25) is 20.2 Å². The van der Waals surface area contributed by atoms with Gasteiger partial charge in [0.2, 0.25) is 10.0 Å². The molecule has 0 amide bonds. The lowest BCUT2D eigenvalue weighted by atomic mass is 10.0. The number of nitro benzene ring substituents is 2. The number of fused-ring (bicyclic) bond motifs is 1. The van der Waals surface area contributed by atoms with Crippen molar-refractivity contribution in [1.29, 1.82) is 0 Å². The molecule has 2 aliphatic rings. The fourth-order valence-corrected chi connectivity index (χ4v) is 5.89. The number of piperidine rings is 1. The molecule has 0 saturated carbocycles. The smallest absolute Gasteiger partial charge is 0.296 e. The van der Waals surface area contributed by atoms with Crippen LogP contribution in [-0.4, -0.2) is 48.4 Å². The molecule has 2 aromatic rings. The molecule has 0 radical (unpaired) electrons. The van der Waals surface area contributed by atoms with Gasteiger partial charge < -0.3 is 9.64 Å². The maximum absolute atomic E-state index is 13.1. The number of anilines is 1. The molecule has 2 aromatic carbocycles. The average Bonchev–Trinajstić information content (AvgIpc) is 2.78. The van der Waals surface area contributed by atoms with Crippen molar-refractivity contribution in [1.82, 2.24) is 4.31 Å². The van der Waals surface area contributed by atoms with Crippen molar-refractivity contribution in [3.63, 3.8) is 0 Å². The first-order chi connectivity index (χ1) is 15.2. The quantitative estimate of drug-likeness (QED) is 0.467. The Kier molecular flexibility index (Phi) is 6.03. The maximum Gasteiger partial charge on any atom is 0.296 e. The Morgan fingerprint density at radius 2 is 1.75 bits per heavy atom. The molecule has 0 aliphatic carbocycles. The number of benzene rings is 2. The zero-order valence-electron chi connectivity index (χ0n) is 16.7. The van der Waals surface area contributed by atoms with Crippen molar-refractivity contribution in [2.75, 3.05) is 24.7 Å². The van der Waals surface area contributed by atoms with Gasteiger partial charge in [0.05, 0.1) is 22.5 Å². The monoisotopic (exact) mass is 482 g/mol. The van der Waals surface area contributed by atoms with E-state index in [0.717, 1.165) is 23.4 Å². The number of sulfonamides is 1. The molecule has 32 heavy (non-hydrogen) atoms. The predicted octanol–water partition coefficient (Wildman–Crippen LogP) is 3.30. The van der Waals surface area contributed by atoms with Crippen LogP contribution in [0, 0.1) is 20.2 Å². The van der Waals surface area contributed by atoms with Crippen LogP contribution >= 0.6 is 11.6 Å². The van der Waals surface area contributed by atoms with Crippen molar-refractivity contribution < 1.29 is 23.0 Å². The van der Waals surface area contributed by atoms with E-state index in [0.29, 0.717) is 37.3 Å². The molecule has 11 nitrogen and oxygen atoms in total. The Balaban J connectivity index is 1.54. The van der Waals surface area contributed by atoms with Crippen molar-refractivity contribution in [2.45, 2.75) is 30.4 Å². The summed E-state index contributed by atoms with van der Waals surface area (Å²) in [5, 5.41) is 22.9. The highest BCUT2D eigenvalue weighted by Gasteiger charge is 2.37. The van der Waals surface area contributed by atoms with Gasteiger partial charge in [-0.15, -0.1) is 0 Å². The Labute approximate surface area is 188 Å². The molecule has 0 unspecified atom stereocenters. The Morgan fingerprint density at radius 3 is 2.41 bits per heavy atom. The minimum Gasteiger partial charge on any atom is -0.356 e. The molecule has 2 heterocycles. The zero-order chi connectivity index (χ0) is 23.0. The molecule has 4 rings (SSSR count). The Morgan fingerprint density at radius 1 is 1.03 bits per heavy atom. The van der Waals surface area contributed by atoms with E-state index in [1.54, 1.807) is 6.07 Å². The highest BCUT2D eigenvalue weighted by Crippen LogP contribution is 2.35. The van der Waals surface area contributed by atoms with Gasteiger partial charge in [-0.1, -0.05) is 11.6 Å². The van der Waals surface area contributed by atoms with Gasteiger partial charge in [0.25, 0.3) is 11.4 Å². The number of halogens is 1. The summed E-state index contributed by atoms with van der Waals surface area (Å²) >= 11 is 6.07. The van der Waals surface area contributed by atoms with Crippen LogP contribution in [0.1, 0.15) is 18.4 Å². The number of rotatable bonds is 5. The lowest BCUT2D eigenvalue weighted by Gasteiger charge is -2.41. The number of ether oxygens (including phenoxy) is 1. The lowest BCUT2D eigenvalue weighted by Crippen LogP contribution is -2.48. The second kappa shape index (κ2) is 8.62. The van der Waals surface area contributed by atoms with Crippen molar-refractivity contribution in [3.05, 3.63) is 67.2 Å². The third-order valence-corrected chi connectivity index (χ3v) is 7.85. The summed E-state index contributed by atoms with van der Waals surface area (Å²) in [6.07, 6.45) is 0.983. The van der Waals surface area contributed by atoms with Crippen LogP contribution in [0.25, 0.3) is 0 Å². The minimum atomic E-state index is -4.20. The predicted molar refractivity (Wildman–Crippen MR) is 115 cm³/mol. The molecular weight excluding hydrogens is 464 g/mol. The number of non-ortho nitro benzene ring substituents is 1. The summed E-state index contributed by atoms with van der Waals surface area (Å²) in [6, 6.07) is 8.14. The molecule has 0 spiro atoms. The molecule has 170 valence electrons. The van der Waals surface area contributed by atoms with Crippen LogP contribution < -0.4 is 4.90 Å². The van der Waals surface area contributed by atoms with E-state index in [1.807, 2.05) is 12.1 Å². The highest BCUT2D eigenvalue weighted by molar-refractivity contribution is 7.89. The lowest BCUT2D eigenvalue weighted by molar-refractivity contribution is -0.396. The standard InChI is InChI=1S/C19H19ClN4O7S/c20-14-1-3-17-13(9-14)11-31-12-22(17)15-5-7-21(8-6-15)32(29,30)19-4-2-16(23(25)26)10-18(19)24(27)28/h1-4,9-10,15H,5-8,11-12H2. The van der Waals surface area contributed by atoms with Gasteiger partial charge in [0.1, 0.15) is 6.73 Å². The van der Waals surface area contributed by atoms with Crippen LogP contribution in [0.15, 0.2) is 41.3 Å². The van der Waals surface area contributed by atoms with Crippen molar-refractivity contribution in [3.8, 4) is 0 Å². The maximum atomic E-state index is 13.1. The van der Waals surface area contributed by atoms with E-state index >= 15 is 0 Å². The molecule has 2 aliphatic heterocycles. The first-order valence-electron chi connectivity index (χ1n) is 9.74. The fraction of sp³-hybridized carbons (Fsp3) is 0.368. The van der Waals surface area contributed by atoms with Gasteiger partial charge in [-0.25, -0.2) is 8.42 Å². The third-order valence-electron chi connectivity index (χ3n) is 5.67. The van der Waals surface area contributed by atoms with Crippen LogP contribution in [0.4, 0.5) is 17.1 Å². The SMILES string of the molecule is O=[N+]([O-])c1ccc(S(=O)(=O)N2CCC(N3COCc4cc(Cl)ccc43)CC2)c([N+](=O)[O-])c1. The number of nitro groups is 2. The summed E-state index contributed by atoms with van der Waals surface area (Å²) in [7, 11) is -4.20. The Bertz CT molecular complexity index is 1180. The van der Waals surface area contributed by atoms with E-state index in [1.165, 1.54) is 4.31 Å². The van der Waals surface area contributed by atoms with Crippen LogP contribution in [0.2, 0.25) is 5.02 Å².